The lowest BCUT2D eigenvalue weighted by Gasteiger charge is -2.15. The normalized spacial score (nSPS) is 10.4. The van der Waals surface area contributed by atoms with Crippen LogP contribution in [0.15, 0.2) is 35.9 Å². The molecule has 0 radical (unpaired) electrons. The third-order valence-corrected chi connectivity index (χ3v) is 3.22. The fourth-order valence-electron chi connectivity index (χ4n) is 2.11. The molecule has 0 fully saturated rings. The summed E-state index contributed by atoms with van der Waals surface area (Å²) in [4.78, 5) is 39.4. The molecule has 2 aromatic heterocycles. The maximum absolute atomic E-state index is 12.4. The first-order valence-corrected chi connectivity index (χ1v) is 6.75. The van der Waals surface area contributed by atoms with Gasteiger partial charge in [-0.25, -0.2) is 4.79 Å². The number of aromatic carboxylic acids is 1. The predicted octanol–water partition coefficient (Wildman–Crippen LogP) is 1.46. The minimum absolute atomic E-state index is 0.105. The van der Waals surface area contributed by atoms with E-state index in [-0.39, 0.29) is 18.1 Å². The fraction of sp³-hybridized carbons (Fsp3) is 0.143. The summed E-state index contributed by atoms with van der Waals surface area (Å²) < 4.78 is 1.25. The van der Waals surface area contributed by atoms with Crippen LogP contribution in [0.1, 0.15) is 10.4 Å². The zero-order chi connectivity index (χ0) is 16.3. The van der Waals surface area contributed by atoms with Gasteiger partial charge < -0.3 is 15.0 Å². The molecular formula is C14H12ClN3O4. The number of carbonyl (C=O) groups is 2. The predicted molar refractivity (Wildman–Crippen MR) is 82.5 cm³/mol. The maximum atomic E-state index is 12.4. The summed E-state index contributed by atoms with van der Waals surface area (Å²) in [6.45, 7) is 3.68. The van der Waals surface area contributed by atoms with Gasteiger partial charge in [-0.05, 0) is 6.07 Å². The molecule has 0 aliphatic rings. The van der Waals surface area contributed by atoms with Gasteiger partial charge in [0.25, 0.3) is 5.56 Å². The van der Waals surface area contributed by atoms with Crippen LogP contribution in [0.4, 0.5) is 5.69 Å². The van der Waals surface area contributed by atoms with Gasteiger partial charge in [0.05, 0.1) is 11.2 Å². The van der Waals surface area contributed by atoms with Crippen LogP contribution in [0, 0.1) is 0 Å². The molecule has 0 atom stereocenters. The van der Waals surface area contributed by atoms with Crippen LogP contribution in [-0.2, 0) is 11.3 Å². The second-order valence-electron chi connectivity index (χ2n) is 4.33. The number of carbonyl (C=O) groups excluding carboxylic acids is 1. The van der Waals surface area contributed by atoms with Crippen LogP contribution in [0.5, 0.6) is 0 Å². The van der Waals surface area contributed by atoms with E-state index in [2.05, 4.69) is 16.9 Å². The van der Waals surface area contributed by atoms with Gasteiger partial charge in [0.2, 0.25) is 5.91 Å². The van der Waals surface area contributed by atoms with Gasteiger partial charge in [0.1, 0.15) is 11.4 Å². The van der Waals surface area contributed by atoms with Gasteiger partial charge in [-0.1, -0.05) is 6.08 Å². The Morgan fingerprint density at radius 1 is 1.50 bits per heavy atom. The summed E-state index contributed by atoms with van der Waals surface area (Å²) in [5.74, 6) is -2.43. The van der Waals surface area contributed by atoms with E-state index in [0.717, 1.165) is 0 Å². The van der Waals surface area contributed by atoms with Crippen molar-refractivity contribution in [3.05, 3.63) is 47.0 Å². The number of anilines is 1. The number of alkyl halides is 1. The largest absolute Gasteiger partial charge is 0.477 e. The molecule has 0 aliphatic carbocycles. The van der Waals surface area contributed by atoms with E-state index in [1.165, 1.54) is 23.0 Å². The van der Waals surface area contributed by atoms with Crippen LogP contribution >= 0.6 is 11.6 Å². The molecule has 114 valence electrons. The summed E-state index contributed by atoms with van der Waals surface area (Å²) >= 11 is 5.43. The molecule has 8 heteroatoms. The molecule has 0 bridgehead atoms. The number of pyridine rings is 2. The molecule has 0 aliphatic heterocycles. The number of carboxylic acids is 1. The monoisotopic (exact) mass is 321 g/mol. The van der Waals surface area contributed by atoms with Gasteiger partial charge >= 0.3 is 5.97 Å². The van der Waals surface area contributed by atoms with Crippen molar-refractivity contribution < 1.29 is 14.7 Å². The van der Waals surface area contributed by atoms with Crippen molar-refractivity contribution in [2.75, 3.05) is 11.2 Å². The Balaban J connectivity index is 2.92. The highest BCUT2D eigenvalue weighted by molar-refractivity contribution is 6.29. The number of allylic oxidation sites excluding steroid dienone is 1. The highest BCUT2D eigenvalue weighted by atomic mass is 35.5. The smallest absolute Gasteiger partial charge is 0.343 e. The molecule has 2 aromatic rings. The first kappa shape index (κ1) is 15.7. The number of carboxylic acid groups (broad SMARTS) is 1. The SMILES string of the molecule is C=CCn1c(=O)c(C(=O)O)c(NC(=O)CCl)c2cnccc21. The Bertz CT molecular complexity index is 829. The van der Waals surface area contributed by atoms with Gasteiger partial charge in [0, 0.05) is 24.3 Å². The van der Waals surface area contributed by atoms with E-state index < -0.39 is 23.0 Å². The standard InChI is InChI=1S/C14H12ClN3O4/c1-2-5-18-9-3-4-16-7-8(9)12(17-10(19)6-15)11(13(18)20)14(21)22/h2-4,7H,1,5-6H2,(H,17,19)(H,21,22). The van der Waals surface area contributed by atoms with Crippen molar-refractivity contribution in [2.24, 2.45) is 0 Å². The Morgan fingerprint density at radius 3 is 2.82 bits per heavy atom. The number of hydrogen-bond donors (Lipinski definition) is 2. The molecule has 7 nitrogen and oxygen atoms in total. The lowest BCUT2D eigenvalue weighted by Crippen LogP contribution is -2.29. The zero-order valence-electron chi connectivity index (χ0n) is 11.4. The fourth-order valence-corrected chi connectivity index (χ4v) is 2.18. The number of nitrogens with one attached hydrogen (secondary N) is 1. The second-order valence-corrected chi connectivity index (χ2v) is 4.60. The lowest BCUT2D eigenvalue weighted by molar-refractivity contribution is -0.113. The average Bonchev–Trinajstić information content (AvgIpc) is 2.50. The minimum atomic E-state index is -1.45. The zero-order valence-corrected chi connectivity index (χ0v) is 12.1. The van der Waals surface area contributed by atoms with Crippen molar-refractivity contribution in [1.29, 1.82) is 0 Å². The number of fused-ring (bicyclic) bond motifs is 1. The highest BCUT2D eigenvalue weighted by Crippen LogP contribution is 2.24. The van der Waals surface area contributed by atoms with Crippen LogP contribution < -0.4 is 10.9 Å². The molecule has 0 unspecified atom stereocenters. The Kier molecular flexibility index (Phi) is 4.57. The number of rotatable bonds is 5. The quantitative estimate of drug-likeness (QED) is 0.641. The first-order valence-electron chi connectivity index (χ1n) is 6.21. The van der Waals surface area contributed by atoms with Gasteiger partial charge in [0.15, 0.2) is 0 Å². The van der Waals surface area contributed by atoms with Crippen LogP contribution in [0.25, 0.3) is 10.9 Å². The molecule has 0 saturated carbocycles. The van der Waals surface area contributed by atoms with Crippen LogP contribution in [-0.4, -0.2) is 32.4 Å². The van der Waals surface area contributed by atoms with E-state index in [1.54, 1.807) is 6.07 Å². The number of halogens is 1. The molecule has 2 N–H and O–H groups in total. The molecule has 0 saturated heterocycles. The van der Waals surface area contributed by atoms with Gasteiger partial charge in [-0.2, -0.15) is 0 Å². The average molecular weight is 322 g/mol. The summed E-state index contributed by atoms with van der Waals surface area (Å²) in [6, 6.07) is 1.56. The van der Waals surface area contributed by atoms with E-state index in [1.807, 2.05) is 0 Å². The lowest BCUT2D eigenvalue weighted by atomic mass is 10.1. The van der Waals surface area contributed by atoms with E-state index in [0.29, 0.717) is 10.9 Å². The molecule has 0 spiro atoms. The van der Waals surface area contributed by atoms with Gasteiger partial charge in [-0.15, -0.1) is 18.2 Å². The van der Waals surface area contributed by atoms with Crippen molar-refractivity contribution in [3.63, 3.8) is 0 Å². The Labute approximate surface area is 129 Å². The summed E-state index contributed by atoms with van der Waals surface area (Å²) in [5.41, 5.74) is -0.946. The Hall–Kier alpha value is -2.67. The van der Waals surface area contributed by atoms with Crippen LogP contribution in [0.3, 0.4) is 0 Å². The number of amides is 1. The number of aromatic nitrogens is 2. The molecule has 22 heavy (non-hydrogen) atoms. The van der Waals surface area contributed by atoms with Crippen molar-refractivity contribution in [3.8, 4) is 0 Å². The topological polar surface area (TPSA) is 101 Å². The molecule has 2 rings (SSSR count). The molecule has 0 aromatic carbocycles. The summed E-state index contributed by atoms with van der Waals surface area (Å²) in [5, 5.41) is 12.0. The van der Waals surface area contributed by atoms with Gasteiger partial charge in [-0.3, -0.25) is 14.6 Å². The molecule has 1 amide bonds. The molecular weight excluding hydrogens is 310 g/mol. The van der Waals surface area contributed by atoms with Crippen molar-refractivity contribution in [1.82, 2.24) is 9.55 Å². The first-order chi connectivity index (χ1) is 10.5. The Morgan fingerprint density at radius 2 is 2.23 bits per heavy atom. The van der Waals surface area contributed by atoms with E-state index in [4.69, 9.17) is 11.6 Å². The minimum Gasteiger partial charge on any atom is -0.477 e. The van der Waals surface area contributed by atoms with Crippen LogP contribution in [0.2, 0.25) is 0 Å². The second kappa shape index (κ2) is 6.40. The summed E-state index contributed by atoms with van der Waals surface area (Å²) in [6.07, 6.45) is 4.32. The number of nitrogens with zero attached hydrogens (tertiary/aromatic N) is 2. The van der Waals surface area contributed by atoms with Crippen molar-refractivity contribution in [2.45, 2.75) is 6.54 Å². The summed E-state index contributed by atoms with van der Waals surface area (Å²) in [7, 11) is 0. The number of hydrogen-bond acceptors (Lipinski definition) is 4. The third kappa shape index (κ3) is 2.71. The van der Waals surface area contributed by atoms with E-state index in [9.17, 15) is 19.5 Å². The van der Waals surface area contributed by atoms with Crippen molar-refractivity contribution >= 4 is 40.1 Å². The van der Waals surface area contributed by atoms with E-state index >= 15 is 0 Å². The highest BCUT2D eigenvalue weighted by Gasteiger charge is 2.22. The maximum Gasteiger partial charge on any atom is 0.343 e. The molecule has 2 heterocycles. The third-order valence-electron chi connectivity index (χ3n) is 2.98.